The minimum absolute atomic E-state index is 0.220. The van der Waals surface area contributed by atoms with Crippen molar-refractivity contribution >= 4 is 0 Å². The van der Waals surface area contributed by atoms with Crippen molar-refractivity contribution < 1.29 is 10.2 Å². The second kappa shape index (κ2) is 14.9. The molecule has 1 aromatic carbocycles. The molecule has 1 rings (SSSR count). The number of allylic oxidation sites excluding steroid dienone is 2. The van der Waals surface area contributed by atoms with Crippen molar-refractivity contribution in [3.8, 4) is 11.5 Å². The van der Waals surface area contributed by atoms with Crippen molar-refractivity contribution in [3.63, 3.8) is 0 Å². The number of rotatable bonds is 15. The summed E-state index contributed by atoms with van der Waals surface area (Å²) in [5.41, 5.74) is 0.819. The Kier molecular flexibility index (Phi) is 12.8. The summed E-state index contributed by atoms with van der Waals surface area (Å²) < 4.78 is 0. The van der Waals surface area contributed by atoms with E-state index < -0.39 is 0 Å². The Balaban J connectivity index is 1.89. The third-order valence-corrected chi connectivity index (χ3v) is 4.78. The van der Waals surface area contributed by atoms with Gasteiger partial charge in [0.2, 0.25) is 0 Å². The van der Waals surface area contributed by atoms with E-state index in [0.717, 1.165) is 24.8 Å². The second-order valence-electron chi connectivity index (χ2n) is 7.15. The first-order chi connectivity index (χ1) is 12.2. The molecule has 1 aromatic rings. The van der Waals surface area contributed by atoms with E-state index in [0.29, 0.717) is 0 Å². The molecule has 0 atom stereocenters. The van der Waals surface area contributed by atoms with Crippen LogP contribution in [0.5, 0.6) is 11.5 Å². The van der Waals surface area contributed by atoms with Crippen molar-refractivity contribution in [2.24, 2.45) is 0 Å². The van der Waals surface area contributed by atoms with E-state index in [2.05, 4.69) is 19.1 Å². The Morgan fingerprint density at radius 1 is 0.720 bits per heavy atom. The lowest BCUT2D eigenvalue weighted by molar-refractivity contribution is 0.454. The fourth-order valence-electron chi connectivity index (χ4n) is 3.17. The van der Waals surface area contributed by atoms with Gasteiger partial charge >= 0.3 is 0 Å². The Morgan fingerprint density at radius 3 is 1.92 bits per heavy atom. The van der Waals surface area contributed by atoms with Gasteiger partial charge in [0.05, 0.1) is 0 Å². The summed E-state index contributed by atoms with van der Waals surface area (Å²) in [7, 11) is 0. The summed E-state index contributed by atoms with van der Waals surface area (Å²) in [6.45, 7) is 2.27. The van der Waals surface area contributed by atoms with Crippen molar-refractivity contribution in [1.29, 1.82) is 0 Å². The molecule has 0 saturated carbocycles. The summed E-state index contributed by atoms with van der Waals surface area (Å²) in [4.78, 5) is 0. The Hall–Kier alpha value is -1.44. The van der Waals surface area contributed by atoms with Gasteiger partial charge in [-0.15, -0.1) is 0 Å². The maximum atomic E-state index is 9.71. The number of hydrogen-bond acceptors (Lipinski definition) is 2. The van der Waals surface area contributed by atoms with E-state index in [1.807, 2.05) is 0 Å². The van der Waals surface area contributed by atoms with Crippen LogP contribution >= 0.6 is 0 Å². The van der Waals surface area contributed by atoms with Gasteiger partial charge in [-0.1, -0.05) is 83.3 Å². The van der Waals surface area contributed by atoms with Gasteiger partial charge in [-0.3, -0.25) is 0 Å². The van der Waals surface area contributed by atoms with Crippen LogP contribution in [0.2, 0.25) is 0 Å². The maximum absolute atomic E-state index is 9.71. The van der Waals surface area contributed by atoms with E-state index in [4.69, 9.17) is 0 Å². The zero-order valence-corrected chi connectivity index (χ0v) is 16.2. The van der Waals surface area contributed by atoms with Crippen LogP contribution in [-0.4, -0.2) is 10.2 Å². The molecular weight excluding hydrogens is 308 g/mol. The van der Waals surface area contributed by atoms with Crippen LogP contribution in [0, 0.1) is 0 Å². The van der Waals surface area contributed by atoms with E-state index in [1.54, 1.807) is 12.1 Å². The predicted octanol–water partition coefficient (Wildman–Crippen LogP) is 7.29. The summed E-state index contributed by atoms with van der Waals surface area (Å²) in [6.07, 6.45) is 22.5. The maximum Gasteiger partial charge on any atom is 0.119 e. The monoisotopic (exact) mass is 346 g/mol. The highest BCUT2D eigenvalue weighted by Crippen LogP contribution is 2.23. The molecule has 0 saturated heterocycles. The molecule has 0 aromatic heterocycles. The van der Waals surface area contributed by atoms with Gasteiger partial charge in [-0.05, 0) is 49.4 Å². The summed E-state index contributed by atoms with van der Waals surface area (Å²) in [5, 5.41) is 19.1. The number of hydrogen-bond donors (Lipinski definition) is 2. The van der Waals surface area contributed by atoms with Crippen LogP contribution in [0.15, 0.2) is 30.4 Å². The first kappa shape index (κ1) is 21.6. The zero-order valence-electron chi connectivity index (χ0n) is 16.2. The molecule has 25 heavy (non-hydrogen) atoms. The largest absolute Gasteiger partial charge is 0.508 e. The van der Waals surface area contributed by atoms with Crippen molar-refractivity contribution in [2.75, 3.05) is 0 Å². The number of aryl methyl sites for hydroxylation is 1. The molecule has 2 nitrogen and oxygen atoms in total. The van der Waals surface area contributed by atoms with Crippen LogP contribution in [0.3, 0.4) is 0 Å². The Morgan fingerprint density at radius 2 is 1.28 bits per heavy atom. The Labute approximate surface area is 155 Å². The normalized spacial score (nSPS) is 11.4. The van der Waals surface area contributed by atoms with Gasteiger partial charge in [-0.25, -0.2) is 0 Å². The van der Waals surface area contributed by atoms with Gasteiger partial charge in [0.15, 0.2) is 0 Å². The fraction of sp³-hybridized carbons (Fsp3) is 0.652. The van der Waals surface area contributed by atoms with E-state index >= 15 is 0 Å². The van der Waals surface area contributed by atoms with Gasteiger partial charge in [0.25, 0.3) is 0 Å². The summed E-state index contributed by atoms with van der Waals surface area (Å²) >= 11 is 0. The molecule has 0 amide bonds. The van der Waals surface area contributed by atoms with Gasteiger partial charge < -0.3 is 10.2 Å². The number of phenols is 2. The molecule has 142 valence electrons. The molecule has 0 heterocycles. The minimum atomic E-state index is 0.220. The topological polar surface area (TPSA) is 40.5 Å². The Bertz CT molecular complexity index is 465. The molecule has 0 unspecified atom stereocenters. The van der Waals surface area contributed by atoms with Crippen molar-refractivity contribution in [1.82, 2.24) is 0 Å². The lowest BCUT2D eigenvalue weighted by atomic mass is 10.0. The molecule has 0 aliphatic carbocycles. The lowest BCUT2D eigenvalue weighted by Gasteiger charge is -2.03. The van der Waals surface area contributed by atoms with E-state index in [1.165, 1.54) is 76.7 Å². The fourth-order valence-corrected chi connectivity index (χ4v) is 3.17. The van der Waals surface area contributed by atoms with Crippen LogP contribution in [0.4, 0.5) is 0 Å². The molecule has 2 N–H and O–H groups in total. The van der Waals surface area contributed by atoms with Gasteiger partial charge in [0.1, 0.15) is 11.5 Å². The molecule has 0 aliphatic rings. The first-order valence-corrected chi connectivity index (χ1v) is 10.4. The third-order valence-electron chi connectivity index (χ3n) is 4.78. The van der Waals surface area contributed by atoms with Crippen LogP contribution in [0.25, 0.3) is 0 Å². The zero-order chi connectivity index (χ0) is 18.2. The minimum Gasteiger partial charge on any atom is -0.508 e. The molecule has 0 aliphatic heterocycles. The molecule has 0 radical (unpaired) electrons. The summed E-state index contributed by atoms with van der Waals surface area (Å²) in [6, 6.07) is 4.72. The smallest absolute Gasteiger partial charge is 0.119 e. The van der Waals surface area contributed by atoms with Crippen LogP contribution in [-0.2, 0) is 6.42 Å². The van der Waals surface area contributed by atoms with Crippen molar-refractivity contribution in [3.05, 3.63) is 35.9 Å². The molecule has 0 fully saturated rings. The highest BCUT2D eigenvalue weighted by atomic mass is 16.3. The second-order valence-corrected chi connectivity index (χ2v) is 7.15. The number of aromatic hydroxyl groups is 2. The van der Waals surface area contributed by atoms with Gasteiger partial charge in [-0.2, -0.15) is 0 Å². The highest BCUT2D eigenvalue weighted by Gasteiger charge is 2.00. The molecule has 2 heteroatoms. The average molecular weight is 347 g/mol. The standard InChI is InChI=1S/C23H38O2/c1-2-3-4-5-6-7-8-9-10-11-12-13-14-15-16-17-21-20-22(24)18-19-23(21)25/h14-15,18-20,24-25H,2-13,16-17H2,1H3. The van der Waals surface area contributed by atoms with Gasteiger partial charge in [0, 0.05) is 0 Å². The lowest BCUT2D eigenvalue weighted by Crippen LogP contribution is -1.84. The highest BCUT2D eigenvalue weighted by molar-refractivity contribution is 5.38. The number of unbranched alkanes of at least 4 members (excludes halogenated alkanes) is 11. The average Bonchev–Trinajstić information content (AvgIpc) is 2.61. The quantitative estimate of drug-likeness (QED) is 0.199. The summed E-state index contributed by atoms with van der Waals surface area (Å²) in [5.74, 6) is 0.495. The number of benzene rings is 1. The van der Waals surface area contributed by atoms with E-state index in [-0.39, 0.29) is 11.5 Å². The SMILES string of the molecule is CCCCCCCCCCCCCC=CCCc1cc(O)ccc1O. The van der Waals surface area contributed by atoms with Crippen LogP contribution < -0.4 is 0 Å². The molecule has 0 bridgehead atoms. The van der Waals surface area contributed by atoms with Crippen molar-refractivity contribution in [2.45, 2.75) is 96.8 Å². The van der Waals surface area contributed by atoms with E-state index in [9.17, 15) is 10.2 Å². The number of phenolic OH excluding ortho intramolecular Hbond substituents is 2. The van der Waals surface area contributed by atoms with Crippen LogP contribution in [0.1, 0.15) is 96.0 Å². The third kappa shape index (κ3) is 11.7. The molecule has 0 spiro atoms. The first-order valence-electron chi connectivity index (χ1n) is 10.4. The predicted molar refractivity (Wildman–Crippen MR) is 108 cm³/mol. The molecular formula is C23H38O2.